The fourth-order valence-electron chi connectivity index (χ4n) is 4.13. The summed E-state index contributed by atoms with van der Waals surface area (Å²) in [5.41, 5.74) is 5.44. The second-order valence-corrected chi connectivity index (χ2v) is 8.03. The van der Waals surface area contributed by atoms with Crippen LogP contribution in [-0.4, -0.2) is 25.5 Å². The molecule has 1 N–H and O–H groups in total. The number of carbonyl (C=O) groups is 1. The first-order valence-corrected chi connectivity index (χ1v) is 10.9. The predicted molar refractivity (Wildman–Crippen MR) is 132 cm³/mol. The fourth-order valence-corrected chi connectivity index (χ4v) is 4.13. The third kappa shape index (κ3) is 4.03. The smallest absolute Gasteiger partial charge is 0.205 e. The molecule has 0 unspecified atom stereocenters. The molecule has 0 bridgehead atoms. The summed E-state index contributed by atoms with van der Waals surface area (Å²) in [7, 11) is 0. The number of pyridine rings is 1. The average molecular weight is 444 g/mol. The van der Waals surface area contributed by atoms with Crippen molar-refractivity contribution in [2.75, 3.05) is 0 Å². The van der Waals surface area contributed by atoms with Crippen LogP contribution in [-0.2, 0) is 6.54 Å². The van der Waals surface area contributed by atoms with Crippen molar-refractivity contribution < 1.29 is 4.79 Å². The molecule has 6 heteroatoms. The number of fused-ring (bicyclic) bond motifs is 1. The Morgan fingerprint density at radius 1 is 1.09 bits per heavy atom. The Morgan fingerprint density at radius 3 is 2.65 bits per heavy atom. The number of nitrogens with one attached hydrogen (secondary N) is 1. The molecule has 0 spiro atoms. The zero-order valence-electron chi connectivity index (χ0n) is 18.6. The standard InChI is InChI=1S/C28H21N5O/c1-19-26(24-11-5-6-12-25(24)31-19)28(34)22(15-29)14-23-18-33(17-20-8-3-2-4-9-20)32-27(23)21-10-7-13-30-16-21/h2-14,16,18,31H,17H2,1H3/b22-14-. The lowest BCUT2D eigenvalue weighted by atomic mass is 9.99. The summed E-state index contributed by atoms with van der Waals surface area (Å²) >= 11 is 0. The number of carbonyl (C=O) groups excluding carboxylic acids is 1. The van der Waals surface area contributed by atoms with Gasteiger partial charge in [-0.2, -0.15) is 10.4 Å². The van der Waals surface area contributed by atoms with Gasteiger partial charge in [-0.25, -0.2) is 0 Å². The van der Waals surface area contributed by atoms with Crippen molar-refractivity contribution in [3.05, 3.63) is 113 Å². The van der Waals surface area contributed by atoms with Crippen LogP contribution in [0.3, 0.4) is 0 Å². The molecule has 5 aromatic rings. The van der Waals surface area contributed by atoms with Crippen LogP contribution in [0.1, 0.15) is 27.2 Å². The highest BCUT2D eigenvalue weighted by Crippen LogP contribution is 2.28. The van der Waals surface area contributed by atoms with Crippen molar-refractivity contribution in [3.8, 4) is 17.3 Å². The number of para-hydroxylation sites is 1. The average Bonchev–Trinajstić information content (AvgIpc) is 3.42. The van der Waals surface area contributed by atoms with Crippen LogP contribution in [0.2, 0.25) is 0 Å². The van der Waals surface area contributed by atoms with Gasteiger partial charge in [-0.1, -0.05) is 48.5 Å². The highest BCUT2D eigenvalue weighted by atomic mass is 16.1. The number of hydrogen-bond donors (Lipinski definition) is 1. The molecule has 164 valence electrons. The molecular formula is C28H21N5O. The molecule has 0 saturated carbocycles. The van der Waals surface area contributed by atoms with E-state index in [2.05, 4.69) is 16.0 Å². The van der Waals surface area contributed by atoms with Gasteiger partial charge in [0, 0.05) is 46.3 Å². The molecule has 0 aliphatic heterocycles. The Balaban J connectivity index is 1.59. The normalized spacial score (nSPS) is 11.5. The molecule has 3 heterocycles. The van der Waals surface area contributed by atoms with Crippen LogP contribution in [0.4, 0.5) is 0 Å². The molecular weight excluding hydrogens is 422 g/mol. The number of allylic oxidation sites excluding steroid dienone is 1. The number of hydrogen-bond acceptors (Lipinski definition) is 4. The van der Waals surface area contributed by atoms with Gasteiger partial charge in [0.15, 0.2) is 0 Å². The number of Topliss-reactive ketones (excluding diaryl/α,β-unsaturated/α-hetero) is 1. The molecule has 34 heavy (non-hydrogen) atoms. The first kappa shape index (κ1) is 21.1. The highest BCUT2D eigenvalue weighted by molar-refractivity contribution is 6.20. The first-order valence-electron chi connectivity index (χ1n) is 10.9. The third-order valence-electron chi connectivity index (χ3n) is 5.70. The molecule has 0 aliphatic carbocycles. The first-order chi connectivity index (χ1) is 16.6. The second-order valence-electron chi connectivity index (χ2n) is 8.03. The Kier molecular flexibility index (Phi) is 5.59. The number of nitriles is 1. The Bertz CT molecular complexity index is 1550. The van der Waals surface area contributed by atoms with Gasteiger partial charge in [-0.3, -0.25) is 14.5 Å². The van der Waals surface area contributed by atoms with Crippen LogP contribution in [0.15, 0.2) is 90.9 Å². The van der Waals surface area contributed by atoms with Crippen molar-refractivity contribution in [1.82, 2.24) is 19.7 Å². The number of H-pyrrole nitrogens is 1. The summed E-state index contributed by atoms with van der Waals surface area (Å²) in [6.07, 6.45) is 6.91. The van der Waals surface area contributed by atoms with Crippen LogP contribution in [0.5, 0.6) is 0 Å². The maximum atomic E-state index is 13.5. The zero-order valence-corrected chi connectivity index (χ0v) is 18.6. The fraction of sp³-hybridized carbons (Fsp3) is 0.0714. The molecule has 0 amide bonds. The summed E-state index contributed by atoms with van der Waals surface area (Å²) in [6, 6.07) is 23.5. The van der Waals surface area contributed by atoms with Crippen LogP contribution in [0.25, 0.3) is 28.2 Å². The van der Waals surface area contributed by atoms with E-state index in [1.807, 2.05) is 84.5 Å². The minimum atomic E-state index is -0.314. The summed E-state index contributed by atoms with van der Waals surface area (Å²) in [5, 5.41) is 15.5. The molecule has 3 aromatic heterocycles. The monoisotopic (exact) mass is 443 g/mol. The van der Waals surface area contributed by atoms with E-state index in [4.69, 9.17) is 5.10 Å². The van der Waals surface area contributed by atoms with Gasteiger partial charge in [0.05, 0.1) is 12.1 Å². The molecule has 0 atom stereocenters. The van der Waals surface area contributed by atoms with Gasteiger partial charge >= 0.3 is 0 Å². The SMILES string of the molecule is Cc1[nH]c2ccccc2c1C(=O)/C(C#N)=C\c1cn(Cc2ccccc2)nc1-c1cccnc1. The number of aromatic amines is 1. The summed E-state index contributed by atoms with van der Waals surface area (Å²) < 4.78 is 1.82. The van der Waals surface area contributed by atoms with Crippen molar-refractivity contribution in [2.24, 2.45) is 0 Å². The maximum absolute atomic E-state index is 13.5. The second kappa shape index (κ2) is 9.00. The van der Waals surface area contributed by atoms with Crippen molar-refractivity contribution in [3.63, 3.8) is 0 Å². The van der Waals surface area contributed by atoms with E-state index < -0.39 is 0 Å². The number of rotatable bonds is 6. The summed E-state index contributed by atoms with van der Waals surface area (Å²) in [4.78, 5) is 20.9. The minimum Gasteiger partial charge on any atom is -0.358 e. The number of aryl methyl sites for hydroxylation is 1. The largest absolute Gasteiger partial charge is 0.358 e. The van der Waals surface area contributed by atoms with Crippen molar-refractivity contribution >= 4 is 22.8 Å². The van der Waals surface area contributed by atoms with E-state index in [1.54, 1.807) is 18.5 Å². The van der Waals surface area contributed by atoms with Crippen molar-refractivity contribution in [1.29, 1.82) is 5.26 Å². The lowest BCUT2D eigenvalue weighted by molar-refractivity contribution is 0.104. The maximum Gasteiger partial charge on any atom is 0.205 e. The summed E-state index contributed by atoms with van der Waals surface area (Å²) in [6.45, 7) is 2.42. The third-order valence-corrected chi connectivity index (χ3v) is 5.70. The number of benzene rings is 2. The van der Waals surface area contributed by atoms with Crippen LogP contribution < -0.4 is 0 Å². The number of nitrogens with zero attached hydrogens (tertiary/aromatic N) is 4. The summed E-state index contributed by atoms with van der Waals surface area (Å²) in [5.74, 6) is -0.314. The van der Waals surface area contributed by atoms with E-state index in [0.717, 1.165) is 27.7 Å². The highest BCUT2D eigenvalue weighted by Gasteiger charge is 2.21. The van der Waals surface area contributed by atoms with Gasteiger partial charge in [-0.15, -0.1) is 0 Å². The van der Waals surface area contributed by atoms with Crippen LogP contribution >= 0.6 is 0 Å². The quantitative estimate of drug-likeness (QED) is 0.211. The topological polar surface area (TPSA) is 87.4 Å². The Hall–Kier alpha value is -4.76. The van der Waals surface area contributed by atoms with Gasteiger partial charge < -0.3 is 4.98 Å². The lowest BCUT2D eigenvalue weighted by Gasteiger charge is -2.01. The Morgan fingerprint density at radius 2 is 1.88 bits per heavy atom. The molecule has 0 fully saturated rings. The van der Waals surface area contributed by atoms with E-state index in [0.29, 0.717) is 23.4 Å². The Labute approximate surface area is 196 Å². The zero-order chi connectivity index (χ0) is 23.5. The van der Waals surface area contributed by atoms with E-state index in [9.17, 15) is 10.1 Å². The molecule has 0 radical (unpaired) electrons. The number of aromatic nitrogens is 4. The molecule has 6 nitrogen and oxygen atoms in total. The lowest BCUT2D eigenvalue weighted by Crippen LogP contribution is -2.03. The van der Waals surface area contributed by atoms with Crippen LogP contribution in [0, 0.1) is 18.3 Å². The molecule has 2 aromatic carbocycles. The van der Waals surface area contributed by atoms with Gasteiger partial charge in [0.1, 0.15) is 17.3 Å². The number of ketones is 1. The molecule has 5 rings (SSSR count). The van der Waals surface area contributed by atoms with Gasteiger partial charge in [0.2, 0.25) is 5.78 Å². The molecule has 0 saturated heterocycles. The van der Waals surface area contributed by atoms with Crippen molar-refractivity contribution in [2.45, 2.75) is 13.5 Å². The van der Waals surface area contributed by atoms with E-state index in [-0.39, 0.29) is 11.4 Å². The predicted octanol–water partition coefficient (Wildman–Crippen LogP) is 5.57. The van der Waals surface area contributed by atoms with E-state index >= 15 is 0 Å². The minimum absolute atomic E-state index is 0.0530. The van der Waals surface area contributed by atoms with Gasteiger partial charge in [0.25, 0.3) is 0 Å². The van der Waals surface area contributed by atoms with E-state index in [1.165, 1.54) is 0 Å². The van der Waals surface area contributed by atoms with Gasteiger partial charge in [-0.05, 0) is 36.8 Å². The molecule has 0 aliphatic rings.